The van der Waals surface area contributed by atoms with Crippen molar-refractivity contribution in [1.29, 1.82) is 0 Å². The Bertz CT molecular complexity index is 983. The van der Waals surface area contributed by atoms with Gasteiger partial charge in [0.2, 0.25) is 0 Å². The van der Waals surface area contributed by atoms with Gasteiger partial charge in [-0.3, -0.25) is 10.1 Å². The van der Waals surface area contributed by atoms with E-state index >= 15 is 0 Å². The highest BCUT2D eigenvalue weighted by molar-refractivity contribution is 6.42. The number of aryl methyl sites for hydroxylation is 1. The molecule has 6 nitrogen and oxygen atoms in total. The van der Waals surface area contributed by atoms with E-state index in [1.165, 1.54) is 12.1 Å². The first-order valence-corrected chi connectivity index (χ1v) is 8.20. The van der Waals surface area contributed by atoms with Crippen LogP contribution in [0.1, 0.15) is 19.7 Å². The number of aromatic nitrogens is 2. The van der Waals surface area contributed by atoms with Crippen molar-refractivity contribution in [3.63, 3.8) is 0 Å². The predicted molar refractivity (Wildman–Crippen MR) is 97.5 cm³/mol. The fourth-order valence-corrected chi connectivity index (χ4v) is 3.01. The maximum Gasteiger partial charge on any atom is 0.271 e. The fraction of sp³-hybridized carbons (Fsp3) is 0.235. The summed E-state index contributed by atoms with van der Waals surface area (Å²) in [5, 5.41) is 11.8. The van der Waals surface area contributed by atoms with Crippen LogP contribution in [0.4, 0.5) is 5.69 Å². The number of fused-ring (bicyclic) bond motifs is 1. The summed E-state index contributed by atoms with van der Waals surface area (Å²) in [5.41, 5.74) is 0.531. The zero-order chi connectivity index (χ0) is 18.4. The SMILES string of the molecule is Cn1c(C(C)(C)Oc2ccc(Cl)c(Cl)c2)nc2cc([N+](=O)[O-])ccc21. The minimum Gasteiger partial charge on any atom is -0.480 e. The van der Waals surface area contributed by atoms with Gasteiger partial charge in [0.15, 0.2) is 11.4 Å². The minimum absolute atomic E-state index is 0.000331. The summed E-state index contributed by atoms with van der Waals surface area (Å²) in [6.45, 7) is 3.73. The van der Waals surface area contributed by atoms with Gasteiger partial charge < -0.3 is 9.30 Å². The number of benzene rings is 2. The first-order chi connectivity index (χ1) is 11.7. The zero-order valence-electron chi connectivity index (χ0n) is 13.8. The lowest BCUT2D eigenvalue weighted by Gasteiger charge is -2.26. The van der Waals surface area contributed by atoms with E-state index in [4.69, 9.17) is 27.9 Å². The maximum atomic E-state index is 11.0. The molecule has 0 N–H and O–H groups in total. The van der Waals surface area contributed by atoms with E-state index in [-0.39, 0.29) is 5.69 Å². The van der Waals surface area contributed by atoms with Crippen molar-refractivity contribution in [2.75, 3.05) is 0 Å². The molecule has 0 atom stereocenters. The molecule has 0 aliphatic rings. The topological polar surface area (TPSA) is 70.2 Å². The Kier molecular flexibility index (Phi) is 4.34. The molecule has 0 aliphatic carbocycles. The quantitative estimate of drug-likeness (QED) is 0.466. The van der Waals surface area contributed by atoms with Crippen molar-refractivity contribution in [3.05, 3.63) is 62.4 Å². The van der Waals surface area contributed by atoms with Crippen LogP contribution in [0.15, 0.2) is 36.4 Å². The third kappa shape index (κ3) is 3.27. The van der Waals surface area contributed by atoms with Crippen LogP contribution in [0.3, 0.4) is 0 Å². The highest BCUT2D eigenvalue weighted by atomic mass is 35.5. The van der Waals surface area contributed by atoms with Crippen molar-refractivity contribution in [3.8, 4) is 5.75 Å². The van der Waals surface area contributed by atoms with Crippen molar-refractivity contribution < 1.29 is 9.66 Å². The van der Waals surface area contributed by atoms with E-state index in [0.29, 0.717) is 27.1 Å². The van der Waals surface area contributed by atoms with Crippen LogP contribution in [-0.4, -0.2) is 14.5 Å². The van der Waals surface area contributed by atoms with E-state index in [2.05, 4.69) is 4.98 Å². The van der Waals surface area contributed by atoms with Crippen LogP contribution >= 0.6 is 23.2 Å². The second kappa shape index (κ2) is 6.20. The lowest BCUT2D eigenvalue weighted by molar-refractivity contribution is -0.384. The molecule has 0 aliphatic heterocycles. The minimum atomic E-state index is -0.792. The molecule has 1 aromatic heterocycles. The summed E-state index contributed by atoms with van der Waals surface area (Å²) in [4.78, 5) is 15.1. The fourth-order valence-electron chi connectivity index (χ4n) is 2.72. The third-order valence-electron chi connectivity index (χ3n) is 3.88. The normalized spacial score (nSPS) is 11.7. The van der Waals surface area contributed by atoms with E-state index < -0.39 is 10.5 Å². The van der Waals surface area contributed by atoms with Gasteiger partial charge >= 0.3 is 0 Å². The zero-order valence-corrected chi connectivity index (χ0v) is 15.3. The molecule has 0 spiro atoms. The molecule has 0 saturated heterocycles. The Hall–Kier alpha value is -2.31. The van der Waals surface area contributed by atoms with Gasteiger partial charge in [-0.05, 0) is 32.0 Å². The summed E-state index contributed by atoms with van der Waals surface area (Å²) in [6.07, 6.45) is 0. The number of nitro groups is 1. The number of imidazole rings is 1. The van der Waals surface area contributed by atoms with Gasteiger partial charge in [-0.1, -0.05) is 23.2 Å². The number of hydrogen-bond acceptors (Lipinski definition) is 4. The molecule has 25 heavy (non-hydrogen) atoms. The van der Waals surface area contributed by atoms with Crippen molar-refractivity contribution in [1.82, 2.24) is 9.55 Å². The first-order valence-electron chi connectivity index (χ1n) is 7.44. The molecule has 0 radical (unpaired) electrons. The van der Waals surface area contributed by atoms with Gasteiger partial charge in [0.05, 0.1) is 26.0 Å². The number of nitrogens with zero attached hydrogens (tertiary/aromatic N) is 3. The Morgan fingerprint density at radius 3 is 2.52 bits per heavy atom. The molecule has 0 amide bonds. The van der Waals surface area contributed by atoms with Crippen molar-refractivity contribution in [2.24, 2.45) is 7.05 Å². The van der Waals surface area contributed by atoms with Gasteiger partial charge in [0.1, 0.15) is 5.75 Å². The Morgan fingerprint density at radius 2 is 1.88 bits per heavy atom. The van der Waals surface area contributed by atoms with Gasteiger partial charge in [0, 0.05) is 25.2 Å². The highest BCUT2D eigenvalue weighted by Crippen LogP contribution is 2.33. The Morgan fingerprint density at radius 1 is 1.16 bits per heavy atom. The average Bonchev–Trinajstić information content (AvgIpc) is 2.88. The summed E-state index contributed by atoms with van der Waals surface area (Å²) in [7, 11) is 1.84. The lowest BCUT2D eigenvalue weighted by Crippen LogP contribution is -2.29. The monoisotopic (exact) mass is 379 g/mol. The molecular formula is C17H15Cl2N3O3. The van der Waals surface area contributed by atoms with Crippen LogP contribution in [0.25, 0.3) is 11.0 Å². The summed E-state index contributed by atoms with van der Waals surface area (Å²) in [6, 6.07) is 9.62. The molecule has 0 fully saturated rings. The highest BCUT2D eigenvalue weighted by Gasteiger charge is 2.29. The van der Waals surface area contributed by atoms with Crippen molar-refractivity contribution in [2.45, 2.75) is 19.4 Å². The molecule has 0 unspecified atom stereocenters. The van der Waals surface area contributed by atoms with Crippen molar-refractivity contribution >= 4 is 39.9 Å². The largest absolute Gasteiger partial charge is 0.480 e. The molecule has 1 heterocycles. The van der Waals surface area contributed by atoms with E-state index in [0.717, 1.165) is 5.52 Å². The van der Waals surface area contributed by atoms with E-state index in [9.17, 15) is 10.1 Å². The molecule has 3 rings (SSSR count). The number of hydrogen-bond donors (Lipinski definition) is 0. The van der Waals surface area contributed by atoms with Gasteiger partial charge in [-0.2, -0.15) is 0 Å². The molecule has 0 bridgehead atoms. The number of nitro benzene ring substituents is 1. The smallest absolute Gasteiger partial charge is 0.271 e. The first kappa shape index (κ1) is 17.5. The Balaban J connectivity index is 2.02. The number of non-ortho nitro benzene ring substituents is 1. The van der Waals surface area contributed by atoms with E-state index in [1.54, 1.807) is 24.3 Å². The van der Waals surface area contributed by atoms with Crippen LogP contribution in [0.5, 0.6) is 5.75 Å². The maximum absolute atomic E-state index is 11.0. The molecule has 2 aromatic carbocycles. The molecule has 130 valence electrons. The number of rotatable bonds is 4. The second-order valence-electron chi connectivity index (χ2n) is 6.11. The van der Waals surface area contributed by atoms with Crippen LogP contribution < -0.4 is 4.74 Å². The molecule has 8 heteroatoms. The predicted octanol–water partition coefficient (Wildman–Crippen LogP) is 5.10. The van der Waals surface area contributed by atoms with Crippen LogP contribution in [0.2, 0.25) is 10.0 Å². The van der Waals surface area contributed by atoms with Gasteiger partial charge in [-0.25, -0.2) is 4.98 Å². The standard InChI is InChI=1S/C17H15Cl2N3O3/c1-17(2,25-11-5-6-12(18)13(19)9-11)16-20-14-8-10(22(23)24)4-7-15(14)21(16)3/h4-9H,1-3H3. The average molecular weight is 380 g/mol. The Labute approximate surface area is 154 Å². The van der Waals surface area contributed by atoms with Crippen LogP contribution in [0, 0.1) is 10.1 Å². The van der Waals surface area contributed by atoms with E-state index in [1.807, 2.05) is 25.5 Å². The number of halogens is 2. The lowest BCUT2D eigenvalue weighted by atomic mass is 10.1. The molecule has 0 saturated carbocycles. The van der Waals surface area contributed by atoms with Gasteiger partial charge in [-0.15, -0.1) is 0 Å². The summed E-state index contributed by atoms with van der Waals surface area (Å²) < 4.78 is 7.91. The second-order valence-corrected chi connectivity index (χ2v) is 6.93. The van der Waals surface area contributed by atoms with Crippen LogP contribution in [-0.2, 0) is 12.6 Å². The molecular weight excluding hydrogens is 365 g/mol. The molecule has 3 aromatic rings. The third-order valence-corrected chi connectivity index (χ3v) is 4.62. The summed E-state index contributed by atoms with van der Waals surface area (Å²) in [5.74, 6) is 1.19. The number of ether oxygens (including phenoxy) is 1. The van der Waals surface area contributed by atoms with Gasteiger partial charge in [0.25, 0.3) is 5.69 Å². The summed E-state index contributed by atoms with van der Waals surface area (Å²) >= 11 is 12.0.